The molecule has 1 fully saturated rings. The van der Waals surface area contributed by atoms with E-state index in [0.717, 1.165) is 32.1 Å². The number of hydrogen-bond acceptors (Lipinski definition) is 3. The van der Waals surface area contributed by atoms with Crippen molar-refractivity contribution in [2.75, 3.05) is 33.2 Å². The maximum absolute atomic E-state index is 9.20. The van der Waals surface area contributed by atoms with Crippen LogP contribution < -0.4 is 5.32 Å². The standard InChI is InChI=1S/C10H22N2O/c1-9(13)7-12(2)8-10-3-5-11-6-4-10/h9-11,13H,3-8H2,1-2H3/t9-/m0/s1. The van der Waals surface area contributed by atoms with E-state index in [4.69, 9.17) is 0 Å². The van der Waals surface area contributed by atoms with Crippen LogP contribution in [0.25, 0.3) is 0 Å². The molecule has 1 heterocycles. The van der Waals surface area contributed by atoms with Gasteiger partial charge in [-0.05, 0) is 45.8 Å². The van der Waals surface area contributed by atoms with Gasteiger partial charge in [-0.25, -0.2) is 0 Å². The highest BCUT2D eigenvalue weighted by molar-refractivity contribution is 4.71. The number of hydrogen-bond donors (Lipinski definition) is 2. The van der Waals surface area contributed by atoms with Crippen LogP contribution in [0.5, 0.6) is 0 Å². The molecule has 3 nitrogen and oxygen atoms in total. The smallest absolute Gasteiger partial charge is 0.0638 e. The highest BCUT2D eigenvalue weighted by Gasteiger charge is 2.15. The Labute approximate surface area is 81.1 Å². The molecule has 3 heteroatoms. The van der Waals surface area contributed by atoms with Gasteiger partial charge in [0.15, 0.2) is 0 Å². The number of nitrogens with one attached hydrogen (secondary N) is 1. The molecule has 0 unspecified atom stereocenters. The number of nitrogens with zero attached hydrogens (tertiary/aromatic N) is 1. The number of aliphatic hydroxyl groups excluding tert-OH is 1. The van der Waals surface area contributed by atoms with Crippen molar-refractivity contribution in [2.24, 2.45) is 5.92 Å². The van der Waals surface area contributed by atoms with Gasteiger partial charge in [0, 0.05) is 13.1 Å². The summed E-state index contributed by atoms with van der Waals surface area (Å²) in [5.74, 6) is 0.824. The molecule has 0 aliphatic carbocycles. The summed E-state index contributed by atoms with van der Waals surface area (Å²) in [4.78, 5) is 2.24. The third-order valence-corrected chi connectivity index (χ3v) is 2.60. The first-order valence-corrected chi connectivity index (χ1v) is 5.26. The van der Waals surface area contributed by atoms with E-state index in [9.17, 15) is 5.11 Å². The minimum absolute atomic E-state index is 0.202. The molecule has 0 saturated carbocycles. The Morgan fingerprint density at radius 3 is 2.62 bits per heavy atom. The Kier molecular flexibility index (Phi) is 4.70. The van der Waals surface area contributed by atoms with E-state index in [0.29, 0.717) is 0 Å². The molecular weight excluding hydrogens is 164 g/mol. The fourth-order valence-electron chi connectivity index (χ4n) is 2.03. The van der Waals surface area contributed by atoms with Crippen LogP contribution >= 0.6 is 0 Å². The Balaban J connectivity index is 2.14. The summed E-state index contributed by atoms with van der Waals surface area (Å²) in [5.41, 5.74) is 0. The van der Waals surface area contributed by atoms with E-state index in [1.807, 2.05) is 6.92 Å². The van der Waals surface area contributed by atoms with Crippen molar-refractivity contribution < 1.29 is 5.11 Å². The fraction of sp³-hybridized carbons (Fsp3) is 1.00. The van der Waals surface area contributed by atoms with E-state index >= 15 is 0 Å². The molecule has 1 aliphatic heterocycles. The normalized spacial score (nSPS) is 22.2. The highest BCUT2D eigenvalue weighted by Crippen LogP contribution is 2.12. The molecule has 1 saturated heterocycles. The second-order valence-electron chi connectivity index (χ2n) is 4.26. The molecule has 0 bridgehead atoms. The zero-order valence-corrected chi connectivity index (χ0v) is 8.79. The first kappa shape index (κ1) is 11.0. The van der Waals surface area contributed by atoms with Gasteiger partial charge in [0.25, 0.3) is 0 Å². The summed E-state index contributed by atoms with van der Waals surface area (Å²) in [6, 6.07) is 0. The van der Waals surface area contributed by atoms with Crippen LogP contribution in [0.1, 0.15) is 19.8 Å². The Hall–Kier alpha value is -0.120. The summed E-state index contributed by atoms with van der Waals surface area (Å²) in [6.45, 7) is 6.09. The lowest BCUT2D eigenvalue weighted by Gasteiger charge is -2.28. The van der Waals surface area contributed by atoms with Gasteiger partial charge >= 0.3 is 0 Å². The third-order valence-electron chi connectivity index (χ3n) is 2.60. The molecule has 0 radical (unpaired) electrons. The maximum atomic E-state index is 9.20. The van der Waals surface area contributed by atoms with Crippen molar-refractivity contribution in [3.05, 3.63) is 0 Å². The molecule has 0 spiro atoms. The van der Waals surface area contributed by atoms with E-state index < -0.39 is 0 Å². The van der Waals surface area contributed by atoms with Crippen molar-refractivity contribution in [2.45, 2.75) is 25.9 Å². The lowest BCUT2D eigenvalue weighted by atomic mass is 9.98. The number of piperidine rings is 1. The van der Waals surface area contributed by atoms with Gasteiger partial charge in [-0.2, -0.15) is 0 Å². The summed E-state index contributed by atoms with van der Waals surface area (Å²) >= 11 is 0. The molecule has 13 heavy (non-hydrogen) atoms. The topological polar surface area (TPSA) is 35.5 Å². The van der Waals surface area contributed by atoms with E-state index in [2.05, 4.69) is 17.3 Å². The van der Waals surface area contributed by atoms with Gasteiger partial charge in [-0.15, -0.1) is 0 Å². The van der Waals surface area contributed by atoms with Crippen LogP contribution in [-0.2, 0) is 0 Å². The third kappa shape index (κ3) is 4.60. The van der Waals surface area contributed by atoms with E-state index in [1.165, 1.54) is 12.8 Å². The molecule has 0 aromatic rings. The Morgan fingerprint density at radius 1 is 1.46 bits per heavy atom. The number of likely N-dealkylation sites (N-methyl/N-ethyl adjacent to an activating group) is 1. The van der Waals surface area contributed by atoms with Crippen LogP contribution in [0.4, 0.5) is 0 Å². The van der Waals surface area contributed by atoms with Crippen molar-refractivity contribution in [1.29, 1.82) is 0 Å². The SMILES string of the molecule is C[C@H](O)CN(C)CC1CCNCC1. The second kappa shape index (κ2) is 5.58. The van der Waals surface area contributed by atoms with Gasteiger partial charge in [-0.3, -0.25) is 0 Å². The zero-order valence-electron chi connectivity index (χ0n) is 8.79. The molecule has 1 atom stereocenters. The average molecular weight is 186 g/mol. The molecule has 0 aromatic carbocycles. The second-order valence-corrected chi connectivity index (χ2v) is 4.26. The van der Waals surface area contributed by atoms with Crippen molar-refractivity contribution in [3.63, 3.8) is 0 Å². The van der Waals surface area contributed by atoms with E-state index in [1.54, 1.807) is 0 Å². The average Bonchev–Trinajstić information content (AvgIpc) is 2.04. The zero-order chi connectivity index (χ0) is 9.68. The van der Waals surface area contributed by atoms with Crippen LogP contribution in [0, 0.1) is 5.92 Å². The molecular formula is C10H22N2O. The Bertz CT molecular complexity index is 133. The first-order chi connectivity index (χ1) is 6.18. The summed E-state index contributed by atoms with van der Waals surface area (Å²) in [6.07, 6.45) is 2.36. The predicted octanol–water partition coefficient (Wildman–Crippen LogP) is 0.299. The Morgan fingerprint density at radius 2 is 2.08 bits per heavy atom. The molecule has 0 amide bonds. The molecule has 1 aliphatic rings. The summed E-state index contributed by atoms with van der Waals surface area (Å²) in [7, 11) is 2.09. The van der Waals surface area contributed by atoms with Crippen molar-refractivity contribution in [1.82, 2.24) is 10.2 Å². The number of rotatable bonds is 4. The van der Waals surface area contributed by atoms with Gasteiger partial charge in [0.1, 0.15) is 0 Å². The van der Waals surface area contributed by atoms with Gasteiger partial charge in [0.2, 0.25) is 0 Å². The summed E-state index contributed by atoms with van der Waals surface area (Å²) < 4.78 is 0. The molecule has 0 aromatic heterocycles. The monoisotopic (exact) mass is 186 g/mol. The fourth-order valence-corrected chi connectivity index (χ4v) is 2.03. The molecule has 2 N–H and O–H groups in total. The maximum Gasteiger partial charge on any atom is 0.0638 e. The van der Waals surface area contributed by atoms with Crippen molar-refractivity contribution >= 4 is 0 Å². The quantitative estimate of drug-likeness (QED) is 0.663. The summed E-state index contributed by atoms with van der Waals surface area (Å²) in [5, 5.41) is 12.6. The van der Waals surface area contributed by atoms with Crippen molar-refractivity contribution in [3.8, 4) is 0 Å². The van der Waals surface area contributed by atoms with Gasteiger partial charge in [-0.1, -0.05) is 0 Å². The largest absolute Gasteiger partial charge is 0.392 e. The van der Waals surface area contributed by atoms with Crippen LogP contribution in [0.2, 0.25) is 0 Å². The lowest BCUT2D eigenvalue weighted by molar-refractivity contribution is 0.127. The lowest BCUT2D eigenvalue weighted by Crippen LogP contribution is -2.36. The predicted molar refractivity (Wildman–Crippen MR) is 54.8 cm³/mol. The highest BCUT2D eigenvalue weighted by atomic mass is 16.3. The van der Waals surface area contributed by atoms with Crippen LogP contribution in [0.3, 0.4) is 0 Å². The molecule has 1 rings (SSSR count). The van der Waals surface area contributed by atoms with Crippen LogP contribution in [-0.4, -0.2) is 49.3 Å². The van der Waals surface area contributed by atoms with Gasteiger partial charge in [0.05, 0.1) is 6.10 Å². The minimum Gasteiger partial charge on any atom is -0.392 e. The minimum atomic E-state index is -0.202. The van der Waals surface area contributed by atoms with E-state index in [-0.39, 0.29) is 6.10 Å². The first-order valence-electron chi connectivity index (χ1n) is 5.26. The molecule has 78 valence electrons. The van der Waals surface area contributed by atoms with Gasteiger partial charge < -0.3 is 15.3 Å². The number of aliphatic hydroxyl groups is 1. The van der Waals surface area contributed by atoms with Crippen LogP contribution in [0.15, 0.2) is 0 Å².